The smallest absolute Gasteiger partial charge is 0.294 e. The van der Waals surface area contributed by atoms with E-state index in [9.17, 15) is 14.4 Å². The Balaban J connectivity index is 1.44. The summed E-state index contributed by atoms with van der Waals surface area (Å²) in [6, 6.07) is 10.1. The van der Waals surface area contributed by atoms with Crippen LogP contribution in [-0.2, 0) is 9.59 Å². The molecule has 1 N–H and O–H groups in total. The van der Waals surface area contributed by atoms with Gasteiger partial charge in [0.15, 0.2) is 23.0 Å². The Kier molecular flexibility index (Phi) is 6.22. The number of hydrogen-bond donors (Lipinski definition) is 1. The molecule has 2 aliphatic heterocycles. The normalized spacial score (nSPS) is 16.3. The molecule has 3 amide bonds. The molecule has 10 heteroatoms. The van der Waals surface area contributed by atoms with Crippen LogP contribution in [0.5, 0.6) is 23.0 Å². The molecule has 0 bridgehead atoms. The molecule has 0 saturated carbocycles. The molecule has 0 spiro atoms. The maximum atomic E-state index is 12.7. The van der Waals surface area contributed by atoms with Crippen molar-refractivity contribution in [1.29, 1.82) is 0 Å². The van der Waals surface area contributed by atoms with Crippen molar-refractivity contribution in [2.45, 2.75) is 0 Å². The summed E-state index contributed by atoms with van der Waals surface area (Å²) in [7, 11) is 3.04. The van der Waals surface area contributed by atoms with E-state index in [1.54, 1.807) is 42.5 Å². The number of rotatable bonds is 6. The first-order valence-electron chi connectivity index (χ1n) is 9.65. The van der Waals surface area contributed by atoms with E-state index < -0.39 is 23.6 Å². The highest BCUT2D eigenvalue weighted by Gasteiger charge is 2.36. The quantitative estimate of drug-likeness (QED) is 0.662. The number of nitrogens with zero attached hydrogens (tertiary/aromatic N) is 1. The Morgan fingerprint density at radius 1 is 1.06 bits per heavy atom. The SMILES string of the molecule is COc1ccc(/C=C2/SC(=O)N(CC(=O)Nc3ccc4c(c3)OCCO4)C2=O)cc1OC. The zero-order valence-electron chi connectivity index (χ0n) is 17.4. The lowest BCUT2D eigenvalue weighted by Crippen LogP contribution is -2.36. The van der Waals surface area contributed by atoms with Gasteiger partial charge in [-0.2, -0.15) is 0 Å². The zero-order chi connectivity index (χ0) is 22.7. The maximum Gasteiger partial charge on any atom is 0.294 e. The first-order chi connectivity index (χ1) is 15.5. The largest absolute Gasteiger partial charge is 0.493 e. The molecule has 1 saturated heterocycles. The predicted molar refractivity (Wildman–Crippen MR) is 118 cm³/mol. The molecule has 2 heterocycles. The Labute approximate surface area is 188 Å². The highest BCUT2D eigenvalue weighted by atomic mass is 32.2. The highest BCUT2D eigenvalue weighted by Crippen LogP contribution is 2.35. The van der Waals surface area contributed by atoms with Crippen molar-refractivity contribution in [3.8, 4) is 23.0 Å². The van der Waals surface area contributed by atoms with Gasteiger partial charge in [-0.15, -0.1) is 0 Å². The number of fused-ring (bicyclic) bond motifs is 1. The third kappa shape index (κ3) is 4.50. The second-order valence-corrected chi connectivity index (χ2v) is 7.78. The molecule has 166 valence electrons. The van der Waals surface area contributed by atoms with Crippen LogP contribution in [-0.4, -0.2) is 55.9 Å². The number of thioether (sulfide) groups is 1. The van der Waals surface area contributed by atoms with Crippen LogP contribution in [0.3, 0.4) is 0 Å². The summed E-state index contributed by atoms with van der Waals surface area (Å²) >= 11 is 0.777. The lowest BCUT2D eigenvalue weighted by molar-refractivity contribution is -0.127. The third-order valence-corrected chi connectivity index (χ3v) is 5.61. The van der Waals surface area contributed by atoms with E-state index in [4.69, 9.17) is 18.9 Å². The van der Waals surface area contributed by atoms with Crippen LogP contribution < -0.4 is 24.3 Å². The van der Waals surface area contributed by atoms with Crippen molar-refractivity contribution in [2.24, 2.45) is 0 Å². The van der Waals surface area contributed by atoms with Crippen molar-refractivity contribution in [3.05, 3.63) is 46.9 Å². The van der Waals surface area contributed by atoms with Crippen LogP contribution >= 0.6 is 11.8 Å². The molecule has 0 aliphatic carbocycles. The van der Waals surface area contributed by atoms with Gasteiger partial charge >= 0.3 is 0 Å². The zero-order valence-corrected chi connectivity index (χ0v) is 18.2. The van der Waals surface area contributed by atoms with Crippen molar-refractivity contribution >= 4 is 40.6 Å². The summed E-state index contributed by atoms with van der Waals surface area (Å²) < 4.78 is 21.4. The molecule has 2 aromatic carbocycles. The maximum absolute atomic E-state index is 12.7. The van der Waals surface area contributed by atoms with E-state index in [1.165, 1.54) is 14.2 Å². The Morgan fingerprint density at radius 3 is 2.56 bits per heavy atom. The fourth-order valence-electron chi connectivity index (χ4n) is 3.20. The molecular weight excluding hydrogens is 436 g/mol. The van der Waals surface area contributed by atoms with Gasteiger partial charge in [-0.3, -0.25) is 19.3 Å². The van der Waals surface area contributed by atoms with E-state index in [0.29, 0.717) is 47.5 Å². The van der Waals surface area contributed by atoms with Gasteiger partial charge in [-0.05, 0) is 47.7 Å². The van der Waals surface area contributed by atoms with Crippen molar-refractivity contribution < 1.29 is 33.3 Å². The van der Waals surface area contributed by atoms with Crippen LogP contribution in [0.4, 0.5) is 10.5 Å². The highest BCUT2D eigenvalue weighted by molar-refractivity contribution is 8.18. The summed E-state index contributed by atoms with van der Waals surface area (Å²) in [4.78, 5) is 38.7. The monoisotopic (exact) mass is 456 g/mol. The van der Waals surface area contributed by atoms with Gasteiger partial charge < -0.3 is 24.3 Å². The van der Waals surface area contributed by atoms with Crippen LogP contribution in [0.15, 0.2) is 41.3 Å². The third-order valence-electron chi connectivity index (χ3n) is 4.71. The van der Waals surface area contributed by atoms with Crippen molar-refractivity contribution in [3.63, 3.8) is 0 Å². The first kappa shape index (κ1) is 21.6. The molecule has 0 atom stereocenters. The van der Waals surface area contributed by atoms with Crippen LogP contribution in [0.1, 0.15) is 5.56 Å². The van der Waals surface area contributed by atoms with Gasteiger partial charge in [0.05, 0.1) is 19.1 Å². The molecule has 0 radical (unpaired) electrons. The minimum atomic E-state index is -0.535. The fourth-order valence-corrected chi connectivity index (χ4v) is 4.03. The van der Waals surface area contributed by atoms with E-state index in [-0.39, 0.29) is 4.91 Å². The van der Waals surface area contributed by atoms with E-state index in [2.05, 4.69) is 5.32 Å². The second-order valence-electron chi connectivity index (χ2n) is 6.79. The molecule has 9 nitrogen and oxygen atoms in total. The number of hydrogen-bond acceptors (Lipinski definition) is 8. The predicted octanol–water partition coefficient (Wildman–Crippen LogP) is 3.15. The minimum absolute atomic E-state index is 0.217. The van der Waals surface area contributed by atoms with Gasteiger partial charge in [-0.1, -0.05) is 6.07 Å². The number of anilines is 1. The summed E-state index contributed by atoms with van der Waals surface area (Å²) in [5.74, 6) is 1.13. The van der Waals surface area contributed by atoms with Crippen LogP contribution in [0, 0.1) is 0 Å². The number of benzene rings is 2. The Hall–Kier alpha value is -3.66. The molecule has 0 unspecified atom stereocenters. The molecule has 2 aliphatic rings. The molecular formula is C22H20N2O7S. The number of nitrogens with one attached hydrogen (secondary N) is 1. The molecule has 1 fully saturated rings. The molecule has 0 aromatic heterocycles. The van der Waals surface area contributed by atoms with E-state index >= 15 is 0 Å². The number of carbonyl (C=O) groups excluding carboxylic acids is 3. The van der Waals surface area contributed by atoms with Gasteiger partial charge in [-0.25, -0.2) is 0 Å². The van der Waals surface area contributed by atoms with E-state index in [1.807, 2.05) is 0 Å². The van der Waals surface area contributed by atoms with Crippen molar-refractivity contribution in [1.82, 2.24) is 4.90 Å². The van der Waals surface area contributed by atoms with Gasteiger partial charge in [0.1, 0.15) is 19.8 Å². The Morgan fingerprint density at radius 2 is 1.81 bits per heavy atom. The summed E-state index contributed by atoms with van der Waals surface area (Å²) in [5.41, 5.74) is 1.14. The number of amides is 3. The average molecular weight is 456 g/mol. The second kappa shape index (κ2) is 9.23. The minimum Gasteiger partial charge on any atom is -0.493 e. The standard InChI is InChI=1S/C22H20N2O7S/c1-28-15-5-3-13(9-17(15)29-2)10-19-21(26)24(22(27)32-19)12-20(25)23-14-4-6-16-18(11-14)31-8-7-30-16/h3-6,9-11H,7-8,12H2,1-2H3,(H,23,25)/b19-10+. The number of ether oxygens (including phenoxy) is 4. The number of methoxy groups -OCH3 is 2. The van der Waals surface area contributed by atoms with Crippen LogP contribution in [0.25, 0.3) is 6.08 Å². The van der Waals surface area contributed by atoms with Crippen molar-refractivity contribution in [2.75, 3.05) is 39.3 Å². The number of imide groups is 1. The fraction of sp³-hybridized carbons (Fsp3) is 0.227. The van der Waals surface area contributed by atoms with Gasteiger partial charge in [0.2, 0.25) is 5.91 Å². The lowest BCUT2D eigenvalue weighted by atomic mass is 10.2. The van der Waals surface area contributed by atoms with Crippen LogP contribution in [0.2, 0.25) is 0 Å². The van der Waals surface area contributed by atoms with Gasteiger partial charge in [0.25, 0.3) is 11.1 Å². The summed E-state index contributed by atoms with van der Waals surface area (Å²) in [5, 5.41) is 2.16. The molecule has 32 heavy (non-hydrogen) atoms. The molecule has 2 aromatic rings. The summed E-state index contributed by atoms with van der Waals surface area (Å²) in [6.07, 6.45) is 1.57. The topological polar surface area (TPSA) is 103 Å². The first-order valence-corrected chi connectivity index (χ1v) is 10.5. The average Bonchev–Trinajstić information content (AvgIpc) is 3.06. The number of carbonyl (C=O) groups is 3. The summed E-state index contributed by atoms with van der Waals surface area (Å²) in [6.45, 7) is 0.491. The molecule has 4 rings (SSSR count). The van der Waals surface area contributed by atoms with E-state index in [0.717, 1.165) is 16.7 Å². The van der Waals surface area contributed by atoms with Gasteiger partial charge in [0, 0.05) is 11.8 Å². The lowest BCUT2D eigenvalue weighted by Gasteiger charge is -2.19. The Bertz CT molecular complexity index is 1120.